The molecule has 0 saturated carbocycles. The summed E-state index contributed by atoms with van der Waals surface area (Å²) < 4.78 is 0. The molecule has 4 nitrogen and oxygen atoms in total. The topological polar surface area (TPSA) is 41.0 Å². The molecule has 1 aromatic heterocycles. The van der Waals surface area contributed by atoms with Crippen molar-refractivity contribution in [3.05, 3.63) is 17.3 Å². The van der Waals surface area contributed by atoms with Crippen LogP contribution in [-0.2, 0) is 0 Å². The molecule has 18 heavy (non-hydrogen) atoms. The van der Waals surface area contributed by atoms with Crippen LogP contribution in [0.1, 0.15) is 25.7 Å². The van der Waals surface area contributed by atoms with Gasteiger partial charge in [0.15, 0.2) is 11.0 Å². The van der Waals surface area contributed by atoms with Crippen LogP contribution in [0.15, 0.2) is 12.1 Å². The molecule has 0 amide bonds. The molecule has 98 valence electrons. The van der Waals surface area contributed by atoms with Crippen LogP contribution in [0.2, 0.25) is 5.15 Å². The molecular formula is C13H19ClN4. The monoisotopic (exact) mass is 266 g/mol. The van der Waals surface area contributed by atoms with Crippen molar-refractivity contribution in [3.63, 3.8) is 0 Å². The average Bonchev–Trinajstić information content (AvgIpc) is 2.40. The van der Waals surface area contributed by atoms with Gasteiger partial charge in [-0.3, -0.25) is 0 Å². The van der Waals surface area contributed by atoms with Crippen molar-refractivity contribution in [1.82, 2.24) is 15.5 Å². The SMILES string of the molecule is Clc1ccc(N2CCCC3(CCCNC3)C2)nn1. The Kier molecular flexibility index (Phi) is 3.39. The summed E-state index contributed by atoms with van der Waals surface area (Å²) in [5.74, 6) is 0.962. The quantitative estimate of drug-likeness (QED) is 0.845. The lowest BCUT2D eigenvalue weighted by Crippen LogP contribution is -2.51. The van der Waals surface area contributed by atoms with Crippen LogP contribution >= 0.6 is 11.6 Å². The summed E-state index contributed by atoms with van der Waals surface area (Å²) in [6, 6.07) is 3.80. The van der Waals surface area contributed by atoms with Gasteiger partial charge in [-0.1, -0.05) is 11.6 Å². The number of nitrogens with zero attached hydrogens (tertiary/aromatic N) is 3. The minimum atomic E-state index is 0.442. The van der Waals surface area contributed by atoms with Crippen molar-refractivity contribution in [2.75, 3.05) is 31.1 Å². The third-order valence-electron chi connectivity index (χ3n) is 4.16. The van der Waals surface area contributed by atoms with E-state index in [1.807, 2.05) is 12.1 Å². The highest BCUT2D eigenvalue weighted by molar-refractivity contribution is 6.29. The van der Waals surface area contributed by atoms with Gasteiger partial charge in [0.1, 0.15) is 0 Å². The van der Waals surface area contributed by atoms with Crippen molar-refractivity contribution in [1.29, 1.82) is 0 Å². The van der Waals surface area contributed by atoms with Gasteiger partial charge in [-0.15, -0.1) is 10.2 Å². The number of aromatic nitrogens is 2. The van der Waals surface area contributed by atoms with E-state index in [0.717, 1.165) is 25.5 Å². The summed E-state index contributed by atoms with van der Waals surface area (Å²) in [6.07, 6.45) is 5.20. The normalized spacial score (nSPS) is 28.6. The van der Waals surface area contributed by atoms with Crippen LogP contribution < -0.4 is 10.2 Å². The van der Waals surface area contributed by atoms with Crippen molar-refractivity contribution >= 4 is 17.4 Å². The van der Waals surface area contributed by atoms with Gasteiger partial charge in [-0.25, -0.2) is 0 Å². The summed E-state index contributed by atoms with van der Waals surface area (Å²) in [4.78, 5) is 2.36. The standard InChI is InChI=1S/C13H19ClN4/c14-11-3-4-12(17-16-11)18-8-2-6-13(10-18)5-1-7-15-9-13/h3-4,15H,1-2,5-10H2. The van der Waals surface area contributed by atoms with Gasteiger partial charge >= 0.3 is 0 Å². The third-order valence-corrected chi connectivity index (χ3v) is 4.37. The summed E-state index contributed by atoms with van der Waals surface area (Å²) >= 11 is 5.79. The molecule has 0 radical (unpaired) electrons. The van der Waals surface area contributed by atoms with Gasteiger partial charge in [-0.05, 0) is 44.4 Å². The second-order valence-electron chi connectivity index (χ2n) is 5.52. The van der Waals surface area contributed by atoms with Gasteiger partial charge in [-0.2, -0.15) is 0 Å². The molecule has 2 aliphatic rings. The molecule has 2 fully saturated rings. The van der Waals surface area contributed by atoms with Gasteiger partial charge in [0.25, 0.3) is 0 Å². The molecule has 5 heteroatoms. The molecular weight excluding hydrogens is 248 g/mol. The summed E-state index contributed by atoms with van der Waals surface area (Å²) in [5.41, 5.74) is 0.442. The first-order chi connectivity index (χ1) is 8.77. The zero-order chi connectivity index (χ0) is 12.4. The second-order valence-corrected chi connectivity index (χ2v) is 5.91. The number of anilines is 1. The fourth-order valence-corrected chi connectivity index (χ4v) is 3.36. The van der Waals surface area contributed by atoms with Gasteiger partial charge < -0.3 is 10.2 Å². The summed E-state index contributed by atoms with van der Waals surface area (Å²) in [5, 5.41) is 12.2. The Morgan fingerprint density at radius 3 is 2.83 bits per heavy atom. The maximum absolute atomic E-state index is 5.79. The first kappa shape index (κ1) is 12.2. The lowest BCUT2D eigenvalue weighted by molar-refractivity contribution is 0.172. The highest BCUT2D eigenvalue weighted by Crippen LogP contribution is 2.37. The molecule has 1 N–H and O–H groups in total. The Morgan fingerprint density at radius 1 is 1.22 bits per heavy atom. The van der Waals surface area contributed by atoms with Crippen molar-refractivity contribution in [2.45, 2.75) is 25.7 Å². The van der Waals surface area contributed by atoms with Crippen LogP contribution in [0.3, 0.4) is 0 Å². The number of halogens is 1. The zero-order valence-electron chi connectivity index (χ0n) is 10.5. The van der Waals surface area contributed by atoms with Crippen LogP contribution in [-0.4, -0.2) is 36.4 Å². The van der Waals surface area contributed by atoms with Crippen molar-refractivity contribution in [3.8, 4) is 0 Å². The van der Waals surface area contributed by atoms with E-state index in [1.54, 1.807) is 0 Å². The molecule has 0 aliphatic carbocycles. The summed E-state index contributed by atoms with van der Waals surface area (Å²) in [6.45, 7) is 4.49. The van der Waals surface area contributed by atoms with Gasteiger partial charge in [0, 0.05) is 25.0 Å². The molecule has 2 aliphatic heterocycles. The molecule has 1 spiro atoms. The van der Waals surface area contributed by atoms with E-state index in [4.69, 9.17) is 11.6 Å². The van der Waals surface area contributed by atoms with E-state index < -0.39 is 0 Å². The molecule has 0 bridgehead atoms. The largest absolute Gasteiger partial charge is 0.355 e. The van der Waals surface area contributed by atoms with E-state index in [2.05, 4.69) is 20.4 Å². The number of hydrogen-bond donors (Lipinski definition) is 1. The minimum Gasteiger partial charge on any atom is -0.355 e. The molecule has 0 aromatic carbocycles. The lowest BCUT2D eigenvalue weighted by Gasteiger charge is -2.45. The Bertz CT molecular complexity index is 394. The number of rotatable bonds is 1. The fraction of sp³-hybridized carbons (Fsp3) is 0.692. The second kappa shape index (κ2) is 5.02. The Morgan fingerprint density at radius 2 is 2.11 bits per heavy atom. The molecule has 3 heterocycles. The third kappa shape index (κ3) is 2.45. The highest BCUT2D eigenvalue weighted by atomic mass is 35.5. The zero-order valence-corrected chi connectivity index (χ0v) is 11.3. The smallest absolute Gasteiger partial charge is 0.151 e. The number of hydrogen-bond acceptors (Lipinski definition) is 4. The van der Waals surface area contributed by atoms with Crippen molar-refractivity contribution < 1.29 is 0 Å². The molecule has 3 rings (SSSR count). The lowest BCUT2D eigenvalue weighted by atomic mass is 9.74. The van der Waals surface area contributed by atoms with E-state index in [-0.39, 0.29) is 0 Å². The first-order valence-corrected chi connectivity index (χ1v) is 7.10. The van der Waals surface area contributed by atoms with Gasteiger partial charge in [0.05, 0.1) is 0 Å². The van der Waals surface area contributed by atoms with Crippen molar-refractivity contribution in [2.24, 2.45) is 5.41 Å². The maximum Gasteiger partial charge on any atom is 0.151 e. The first-order valence-electron chi connectivity index (χ1n) is 6.72. The number of nitrogens with one attached hydrogen (secondary N) is 1. The maximum atomic E-state index is 5.79. The molecule has 1 atom stereocenters. The Labute approximate surface area is 113 Å². The predicted molar refractivity (Wildman–Crippen MR) is 73.0 cm³/mol. The van der Waals surface area contributed by atoms with E-state index in [0.29, 0.717) is 10.6 Å². The molecule has 1 aromatic rings. The van der Waals surface area contributed by atoms with E-state index in [9.17, 15) is 0 Å². The predicted octanol–water partition coefficient (Wildman–Crippen LogP) is 2.10. The van der Waals surface area contributed by atoms with E-state index >= 15 is 0 Å². The number of piperidine rings is 2. The Hall–Kier alpha value is -0.870. The van der Waals surface area contributed by atoms with Crippen LogP contribution in [0, 0.1) is 5.41 Å². The van der Waals surface area contributed by atoms with E-state index in [1.165, 1.54) is 32.2 Å². The van der Waals surface area contributed by atoms with Crippen LogP contribution in [0.25, 0.3) is 0 Å². The molecule has 2 saturated heterocycles. The van der Waals surface area contributed by atoms with Gasteiger partial charge in [0.2, 0.25) is 0 Å². The highest BCUT2D eigenvalue weighted by Gasteiger charge is 2.36. The van der Waals surface area contributed by atoms with Crippen LogP contribution in [0.5, 0.6) is 0 Å². The Balaban J connectivity index is 1.75. The summed E-state index contributed by atoms with van der Waals surface area (Å²) in [7, 11) is 0. The van der Waals surface area contributed by atoms with Crippen LogP contribution in [0.4, 0.5) is 5.82 Å². The molecule has 1 unspecified atom stereocenters. The minimum absolute atomic E-state index is 0.442. The fourth-order valence-electron chi connectivity index (χ4n) is 3.26. The average molecular weight is 267 g/mol.